The average molecular weight is 489 g/mol. The second-order valence-corrected chi connectivity index (χ2v) is 9.70. The average Bonchev–Trinajstić information content (AvgIpc) is 2.89. The van der Waals surface area contributed by atoms with Gasteiger partial charge < -0.3 is 9.64 Å². The molecule has 0 radical (unpaired) electrons. The predicted molar refractivity (Wildman–Crippen MR) is 111 cm³/mol. The molecule has 2 saturated heterocycles. The molecule has 2 atom stereocenters. The molecule has 2 fully saturated rings. The van der Waals surface area contributed by atoms with Crippen molar-refractivity contribution in [2.75, 3.05) is 18.0 Å². The molecule has 1 aromatic carbocycles. The highest BCUT2D eigenvalue weighted by Crippen LogP contribution is 2.39. The Morgan fingerprint density at radius 3 is 2.45 bits per heavy atom. The van der Waals surface area contributed by atoms with Crippen LogP contribution in [-0.4, -0.2) is 46.8 Å². The van der Waals surface area contributed by atoms with Gasteiger partial charge in [-0.15, -0.1) is 0 Å². The molecule has 0 aliphatic carbocycles. The van der Waals surface area contributed by atoms with Crippen molar-refractivity contribution in [1.29, 1.82) is 0 Å². The summed E-state index contributed by atoms with van der Waals surface area (Å²) in [5, 5.41) is 0.490. The lowest BCUT2D eigenvalue weighted by Gasteiger charge is -2.42. The summed E-state index contributed by atoms with van der Waals surface area (Å²) in [5.41, 5.74) is 0.0685. The largest absolute Gasteiger partial charge is 0.444 e. The SMILES string of the molecule is CC(C)(C)OC(=O)N1[C@@H]2CC[C@H]1CN(c1cc(Cl)nc3c(F)c(Br)c(F)cc13)C2. The van der Waals surface area contributed by atoms with Crippen LogP contribution in [0.4, 0.5) is 19.3 Å². The van der Waals surface area contributed by atoms with Crippen LogP contribution >= 0.6 is 27.5 Å². The number of pyridine rings is 1. The van der Waals surface area contributed by atoms with E-state index in [9.17, 15) is 13.6 Å². The molecule has 29 heavy (non-hydrogen) atoms. The number of hydrogen-bond acceptors (Lipinski definition) is 4. The number of carbonyl (C=O) groups is 1. The van der Waals surface area contributed by atoms with Crippen LogP contribution in [0.5, 0.6) is 0 Å². The Labute approximate surface area is 181 Å². The number of halogens is 4. The van der Waals surface area contributed by atoms with Crippen molar-refractivity contribution in [3.63, 3.8) is 0 Å². The van der Waals surface area contributed by atoms with Gasteiger partial charge in [-0.1, -0.05) is 11.6 Å². The Hall–Kier alpha value is -1.67. The topological polar surface area (TPSA) is 45.7 Å². The van der Waals surface area contributed by atoms with Gasteiger partial charge in [0, 0.05) is 24.2 Å². The van der Waals surface area contributed by atoms with Crippen molar-refractivity contribution in [2.24, 2.45) is 0 Å². The molecular weight excluding hydrogens is 468 g/mol. The molecule has 4 rings (SSSR count). The van der Waals surface area contributed by atoms with Crippen LogP contribution in [0.3, 0.4) is 0 Å². The zero-order valence-corrected chi connectivity index (χ0v) is 18.6. The standard InChI is InChI=1S/C20H21BrClF2N3O2/c1-20(2,3)29-19(28)27-10-4-5-11(27)9-26(8-10)14-7-15(22)25-18-12(14)6-13(23)16(21)17(18)24/h6-7,10-11H,4-5,8-9H2,1-3H3/t10-,11+. The van der Waals surface area contributed by atoms with Gasteiger partial charge >= 0.3 is 6.09 Å². The third kappa shape index (κ3) is 3.77. The van der Waals surface area contributed by atoms with E-state index >= 15 is 0 Å². The molecule has 2 bridgehead atoms. The quantitative estimate of drug-likeness (QED) is 0.392. The van der Waals surface area contributed by atoms with Crippen molar-refractivity contribution >= 4 is 50.2 Å². The first-order chi connectivity index (χ1) is 13.5. The fourth-order valence-electron chi connectivity index (χ4n) is 4.19. The summed E-state index contributed by atoms with van der Waals surface area (Å²) in [6.07, 6.45) is 1.39. The van der Waals surface area contributed by atoms with Crippen LogP contribution in [0.1, 0.15) is 33.6 Å². The second-order valence-electron chi connectivity index (χ2n) is 8.52. The summed E-state index contributed by atoms with van der Waals surface area (Å²) < 4.78 is 34.1. The molecule has 0 saturated carbocycles. The minimum atomic E-state index is -0.779. The minimum Gasteiger partial charge on any atom is -0.444 e. The molecule has 3 heterocycles. The van der Waals surface area contributed by atoms with Gasteiger partial charge in [0.15, 0.2) is 5.82 Å². The first-order valence-electron chi connectivity index (χ1n) is 9.45. The molecule has 5 nitrogen and oxygen atoms in total. The number of fused-ring (bicyclic) bond motifs is 3. The van der Waals surface area contributed by atoms with Gasteiger partial charge in [0.05, 0.1) is 16.6 Å². The summed E-state index contributed by atoms with van der Waals surface area (Å²) in [5.74, 6) is -1.48. The molecule has 2 aliphatic rings. The number of carbonyl (C=O) groups excluding carboxylic acids is 1. The van der Waals surface area contributed by atoms with E-state index in [1.165, 1.54) is 6.07 Å². The maximum atomic E-state index is 14.6. The number of anilines is 1. The lowest BCUT2D eigenvalue weighted by molar-refractivity contribution is 0.0123. The van der Waals surface area contributed by atoms with E-state index in [2.05, 4.69) is 20.9 Å². The zero-order chi connectivity index (χ0) is 21.1. The number of rotatable bonds is 1. The molecular formula is C20H21BrClF2N3O2. The Morgan fingerprint density at radius 2 is 1.86 bits per heavy atom. The van der Waals surface area contributed by atoms with Crippen molar-refractivity contribution < 1.29 is 18.3 Å². The molecule has 9 heteroatoms. The molecule has 1 aromatic heterocycles. The maximum absolute atomic E-state index is 14.6. The molecule has 2 aliphatic heterocycles. The lowest BCUT2D eigenvalue weighted by Crippen LogP contribution is -2.56. The minimum absolute atomic E-state index is 0.0164. The highest BCUT2D eigenvalue weighted by Gasteiger charge is 2.44. The lowest BCUT2D eigenvalue weighted by atomic mass is 10.1. The van der Waals surface area contributed by atoms with Crippen molar-refractivity contribution in [3.8, 4) is 0 Å². The van der Waals surface area contributed by atoms with Crippen molar-refractivity contribution in [2.45, 2.75) is 51.3 Å². The van der Waals surface area contributed by atoms with E-state index < -0.39 is 17.2 Å². The highest BCUT2D eigenvalue weighted by molar-refractivity contribution is 9.10. The molecule has 2 aromatic rings. The van der Waals surface area contributed by atoms with Gasteiger partial charge in [-0.2, -0.15) is 0 Å². The highest BCUT2D eigenvalue weighted by atomic mass is 79.9. The Morgan fingerprint density at radius 1 is 1.24 bits per heavy atom. The molecule has 0 N–H and O–H groups in total. The number of benzene rings is 1. The van der Waals surface area contributed by atoms with E-state index in [0.717, 1.165) is 12.8 Å². The van der Waals surface area contributed by atoms with Crippen LogP contribution in [-0.2, 0) is 4.74 Å². The second kappa shape index (κ2) is 7.23. The first kappa shape index (κ1) is 20.6. The maximum Gasteiger partial charge on any atom is 0.410 e. The number of aromatic nitrogens is 1. The predicted octanol–water partition coefficient (Wildman–Crippen LogP) is 5.52. The monoisotopic (exact) mass is 487 g/mol. The summed E-state index contributed by atoms with van der Waals surface area (Å²) in [6.45, 7) is 6.59. The Kier molecular flexibility index (Phi) is 5.14. The number of ether oxygens (including phenoxy) is 1. The smallest absolute Gasteiger partial charge is 0.410 e. The number of piperazine rings is 1. The molecule has 1 amide bonds. The van der Waals surface area contributed by atoms with E-state index in [0.29, 0.717) is 24.2 Å². The van der Waals surface area contributed by atoms with E-state index in [4.69, 9.17) is 16.3 Å². The normalized spacial score (nSPS) is 21.8. The van der Waals surface area contributed by atoms with Gasteiger partial charge in [-0.25, -0.2) is 18.6 Å². The Balaban J connectivity index is 1.68. The van der Waals surface area contributed by atoms with Crippen LogP contribution < -0.4 is 4.90 Å². The van der Waals surface area contributed by atoms with Crippen molar-refractivity contribution in [1.82, 2.24) is 9.88 Å². The number of nitrogens with zero attached hydrogens (tertiary/aromatic N) is 3. The fraction of sp³-hybridized carbons (Fsp3) is 0.500. The van der Waals surface area contributed by atoms with Crippen molar-refractivity contribution in [3.05, 3.63) is 33.4 Å². The third-order valence-electron chi connectivity index (χ3n) is 5.31. The van der Waals surface area contributed by atoms with Crippen LogP contribution in [0, 0.1) is 11.6 Å². The fourth-order valence-corrected chi connectivity index (χ4v) is 4.68. The molecule has 156 valence electrons. The molecule has 0 unspecified atom stereocenters. The van der Waals surface area contributed by atoms with Gasteiger partial charge in [0.2, 0.25) is 0 Å². The van der Waals surface area contributed by atoms with Crippen LogP contribution in [0.15, 0.2) is 16.6 Å². The first-order valence-corrected chi connectivity index (χ1v) is 10.6. The molecule has 0 spiro atoms. The number of amides is 1. The Bertz CT molecular complexity index is 984. The third-order valence-corrected chi connectivity index (χ3v) is 6.23. The van der Waals surface area contributed by atoms with Crippen LogP contribution in [0.25, 0.3) is 10.9 Å². The van der Waals surface area contributed by atoms with Gasteiger partial charge in [-0.05, 0) is 61.7 Å². The van der Waals surface area contributed by atoms with Gasteiger partial charge in [-0.3, -0.25) is 4.90 Å². The summed E-state index contributed by atoms with van der Waals surface area (Å²) in [7, 11) is 0. The van der Waals surface area contributed by atoms with E-state index in [1.807, 2.05) is 30.6 Å². The number of hydrogen-bond donors (Lipinski definition) is 0. The summed E-state index contributed by atoms with van der Waals surface area (Å²) >= 11 is 9.07. The summed E-state index contributed by atoms with van der Waals surface area (Å²) in [6, 6.07) is 2.83. The van der Waals surface area contributed by atoms with Gasteiger partial charge in [0.25, 0.3) is 0 Å². The van der Waals surface area contributed by atoms with Gasteiger partial charge in [0.1, 0.15) is 22.1 Å². The van der Waals surface area contributed by atoms with E-state index in [-0.39, 0.29) is 33.3 Å². The summed E-state index contributed by atoms with van der Waals surface area (Å²) in [4.78, 5) is 20.6. The van der Waals surface area contributed by atoms with E-state index in [1.54, 1.807) is 6.07 Å². The van der Waals surface area contributed by atoms with Crippen LogP contribution in [0.2, 0.25) is 5.15 Å². The zero-order valence-electron chi connectivity index (χ0n) is 16.3.